The number of nitrogens with one attached hydrogen (secondary N) is 3. The van der Waals surface area contributed by atoms with Gasteiger partial charge in [0, 0.05) is 26.2 Å². The van der Waals surface area contributed by atoms with Crippen LogP contribution in [-0.2, 0) is 14.4 Å². The maximum absolute atomic E-state index is 12.6. The molecule has 4 atom stereocenters. The SMILES string of the molecule is CCNC(=O)CN=C(NCC)NCCN1C(=O)C2C3C=CC(C3)C2C1=O. The third kappa shape index (κ3) is 3.45. The van der Waals surface area contributed by atoms with E-state index in [-0.39, 0.29) is 47.9 Å². The summed E-state index contributed by atoms with van der Waals surface area (Å²) in [6.45, 7) is 5.76. The molecule has 3 rings (SSSR count). The third-order valence-corrected chi connectivity index (χ3v) is 5.29. The van der Waals surface area contributed by atoms with Gasteiger partial charge < -0.3 is 16.0 Å². The fraction of sp³-hybridized carbons (Fsp3) is 0.667. The van der Waals surface area contributed by atoms with Crippen LogP contribution < -0.4 is 16.0 Å². The standard InChI is InChI=1S/C18H27N5O3/c1-3-19-13(24)10-22-18(20-4-2)21-7-8-23-16(25)14-11-5-6-12(9-11)15(14)17(23)26/h5-6,11-12,14-15H,3-4,7-10H2,1-2H3,(H,19,24)(H2,20,21,22). The summed E-state index contributed by atoms with van der Waals surface area (Å²) in [5.41, 5.74) is 0. The first-order valence-electron chi connectivity index (χ1n) is 9.39. The molecular weight excluding hydrogens is 334 g/mol. The Morgan fingerprint density at radius 2 is 1.69 bits per heavy atom. The molecule has 4 unspecified atom stereocenters. The highest BCUT2D eigenvalue weighted by molar-refractivity contribution is 6.06. The molecule has 0 aromatic rings. The normalized spacial score (nSPS) is 29.3. The maximum atomic E-state index is 12.6. The highest BCUT2D eigenvalue weighted by Gasteiger charge is 2.58. The Morgan fingerprint density at radius 1 is 1.08 bits per heavy atom. The molecule has 8 nitrogen and oxygen atoms in total. The molecule has 0 aromatic heterocycles. The number of hydrogen-bond acceptors (Lipinski definition) is 4. The topological polar surface area (TPSA) is 103 Å². The number of hydrogen-bond donors (Lipinski definition) is 3. The number of allylic oxidation sites excluding steroid dienone is 2. The van der Waals surface area contributed by atoms with Gasteiger partial charge in [-0.1, -0.05) is 12.2 Å². The number of carbonyl (C=O) groups is 3. The quantitative estimate of drug-likeness (QED) is 0.245. The zero-order chi connectivity index (χ0) is 18.7. The van der Waals surface area contributed by atoms with Gasteiger partial charge >= 0.3 is 0 Å². The van der Waals surface area contributed by atoms with E-state index in [4.69, 9.17) is 0 Å². The van der Waals surface area contributed by atoms with Crippen molar-refractivity contribution in [2.75, 3.05) is 32.7 Å². The number of likely N-dealkylation sites (N-methyl/N-ethyl adjacent to an activating group) is 1. The zero-order valence-corrected chi connectivity index (χ0v) is 15.3. The van der Waals surface area contributed by atoms with Crippen LogP contribution >= 0.6 is 0 Å². The second kappa shape index (κ2) is 7.88. The number of imide groups is 1. The van der Waals surface area contributed by atoms with E-state index < -0.39 is 0 Å². The average Bonchev–Trinajstić information content (AvgIpc) is 3.29. The number of amides is 3. The van der Waals surface area contributed by atoms with Crippen LogP contribution in [0, 0.1) is 23.7 Å². The van der Waals surface area contributed by atoms with Crippen LogP contribution in [0.5, 0.6) is 0 Å². The summed E-state index contributed by atoms with van der Waals surface area (Å²) >= 11 is 0. The lowest BCUT2D eigenvalue weighted by atomic mass is 9.85. The van der Waals surface area contributed by atoms with E-state index in [0.29, 0.717) is 32.1 Å². The molecule has 1 saturated heterocycles. The molecule has 26 heavy (non-hydrogen) atoms. The minimum absolute atomic E-state index is 0.0317. The van der Waals surface area contributed by atoms with E-state index in [1.165, 1.54) is 4.90 Å². The predicted octanol–water partition coefficient (Wildman–Crippen LogP) is -0.515. The Hall–Kier alpha value is -2.38. The van der Waals surface area contributed by atoms with Gasteiger partial charge in [0.2, 0.25) is 17.7 Å². The van der Waals surface area contributed by atoms with Crippen LogP contribution in [-0.4, -0.2) is 61.3 Å². The van der Waals surface area contributed by atoms with Crippen LogP contribution in [0.2, 0.25) is 0 Å². The lowest BCUT2D eigenvalue weighted by Gasteiger charge is -2.18. The van der Waals surface area contributed by atoms with Gasteiger partial charge in [0.15, 0.2) is 5.96 Å². The van der Waals surface area contributed by atoms with Crippen molar-refractivity contribution in [3.8, 4) is 0 Å². The number of aliphatic imine (C=N–C) groups is 1. The van der Waals surface area contributed by atoms with Gasteiger partial charge in [0.1, 0.15) is 6.54 Å². The second-order valence-electron chi connectivity index (χ2n) is 6.90. The fourth-order valence-electron chi connectivity index (χ4n) is 4.22. The Balaban J connectivity index is 1.52. The van der Waals surface area contributed by atoms with Gasteiger partial charge in [-0.2, -0.15) is 0 Å². The van der Waals surface area contributed by atoms with Crippen molar-refractivity contribution in [2.24, 2.45) is 28.7 Å². The van der Waals surface area contributed by atoms with Crippen LogP contribution in [0.25, 0.3) is 0 Å². The molecule has 1 heterocycles. The minimum atomic E-state index is -0.155. The van der Waals surface area contributed by atoms with Crippen molar-refractivity contribution in [3.05, 3.63) is 12.2 Å². The highest BCUT2D eigenvalue weighted by atomic mass is 16.2. The largest absolute Gasteiger partial charge is 0.357 e. The molecule has 0 spiro atoms. The second-order valence-corrected chi connectivity index (χ2v) is 6.90. The number of guanidine groups is 1. The first kappa shape index (κ1) is 18.4. The smallest absolute Gasteiger partial charge is 0.241 e. The lowest BCUT2D eigenvalue weighted by Crippen LogP contribution is -2.44. The number of likely N-dealkylation sites (tertiary alicyclic amines) is 1. The molecule has 3 aliphatic rings. The summed E-state index contributed by atoms with van der Waals surface area (Å²) in [4.78, 5) is 42.4. The number of fused-ring (bicyclic) bond motifs is 5. The summed E-state index contributed by atoms with van der Waals surface area (Å²) in [6, 6.07) is 0. The van der Waals surface area contributed by atoms with E-state index in [9.17, 15) is 14.4 Å². The molecule has 2 aliphatic carbocycles. The van der Waals surface area contributed by atoms with Crippen LogP contribution in [0.3, 0.4) is 0 Å². The van der Waals surface area contributed by atoms with Gasteiger partial charge in [0.05, 0.1) is 11.8 Å². The predicted molar refractivity (Wildman–Crippen MR) is 97.1 cm³/mol. The van der Waals surface area contributed by atoms with Gasteiger partial charge in [0.25, 0.3) is 0 Å². The summed E-state index contributed by atoms with van der Waals surface area (Å²) in [5.74, 6) is 0.427. The van der Waals surface area contributed by atoms with Gasteiger partial charge in [-0.05, 0) is 32.1 Å². The van der Waals surface area contributed by atoms with Crippen molar-refractivity contribution in [2.45, 2.75) is 20.3 Å². The Bertz CT molecular complexity index is 615. The van der Waals surface area contributed by atoms with E-state index in [1.807, 2.05) is 13.8 Å². The first-order chi connectivity index (χ1) is 12.6. The Labute approximate surface area is 153 Å². The molecule has 142 valence electrons. The first-order valence-corrected chi connectivity index (χ1v) is 9.39. The zero-order valence-electron chi connectivity index (χ0n) is 15.3. The lowest BCUT2D eigenvalue weighted by molar-refractivity contribution is -0.140. The van der Waals surface area contributed by atoms with Gasteiger partial charge in [-0.25, -0.2) is 4.99 Å². The molecule has 2 bridgehead atoms. The van der Waals surface area contributed by atoms with Crippen LogP contribution in [0.15, 0.2) is 17.1 Å². The molecule has 2 fully saturated rings. The van der Waals surface area contributed by atoms with E-state index >= 15 is 0 Å². The molecule has 1 aliphatic heterocycles. The van der Waals surface area contributed by atoms with Crippen molar-refractivity contribution in [3.63, 3.8) is 0 Å². The van der Waals surface area contributed by atoms with Crippen LogP contribution in [0.4, 0.5) is 0 Å². The van der Waals surface area contributed by atoms with E-state index in [2.05, 4.69) is 33.1 Å². The molecule has 3 N–H and O–H groups in total. The third-order valence-electron chi connectivity index (χ3n) is 5.29. The number of nitrogens with zero attached hydrogens (tertiary/aromatic N) is 2. The Kier molecular flexibility index (Phi) is 5.58. The summed E-state index contributed by atoms with van der Waals surface area (Å²) < 4.78 is 0. The van der Waals surface area contributed by atoms with Crippen molar-refractivity contribution in [1.82, 2.24) is 20.9 Å². The maximum Gasteiger partial charge on any atom is 0.241 e. The molecule has 1 saturated carbocycles. The number of rotatable bonds is 7. The molecule has 8 heteroatoms. The molecule has 0 aromatic carbocycles. The molecule has 3 amide bonds. The molecule has 0 radical (unpaired) electrons. The van der Waals surface area contributed by atoms with Crippen molar-refractivity contribution < 1.29 is 14.4 Å². The minimum Gasteiger partial charge on any atom is -0.357 e. The number of carbonyl (C=O) groups excluding carboxylic acids is 3. The van der Waals surface area contributed by atoms with Crippen molar-refractivity contribution >= 4 is 23.7 Å². The van der Waals surface area contributed by atoms with E-state index in [1.54, 1.807) is 0 Å². The van der Waals surface area contributed by atoms with E-state index in [0.717, 1.165) is 6.42 Å². The average molecular weight is 361 g/mol. The fourth-order valence-corrected chi connectivity index (χ4v) is 4.22. The Morgan fingerprint density at radius 3 is 2.27 bits per heavy atom. The summed E-state index contributed by atoms with van der Waals surface area (Å²) in [6.07, 6.45) is 5.13. The molecular formula is C18H27N5O3. The van der Waals surface area contributed by atoms with Crippen LogP contribution in [0.1, 0.15) is 20.3 Å². The summed E-state index contributed by atoms with van der Waals surface area (Å²) in [7, 11) is 0. The van der Waals surface area contributed by atoms with Crippen molar-refractivity contribution in [1.29, 1.82) is 0 Å². The van der Waals surface area contributed by atoms with Gasteiger partial charge in [-0.3, -0.25) is 19.3 Å². The summed E-state index contributed by atoms with van der Waals surface area (Å²) in [5, 5.41) is 8.83. The highest BCUT2D eigenvalue weighted by Crippen LogP contribution is 2.52. The van der Waals surface area contributed by atoms with Gasteiger partial charge in [-0.15, -0.1) is 0 Å². The monoisotopic (exact) mass is 361 g/mol.